The van der Waals surface area contributed by atoms with E-state index in [2.05, 4.69) is 4.98 Å². The van der Waals surface area contributed by atoms with Crippen molar-refractivity contribution < 1.29 is 10.0 Å². The monoisotopic (exact) mass is 278 g/mol. The van der Waals surface area contributed by atoms with Crippen LogP contribution in [-0.2, 0) is 0 Å². The summed E-state index contributed by atoms with van der Waals surface area (Å²) in [4.78, 5) is 14.7. The molecule has 1 atom stereocenters. The van der Waals surface area contributed by atoms with Crippen LogP contribution in [0.1, 0.15) is 13.3 Å². The smallest absolute Gasteiger partial charge is 0.270 e. The molecule has 1 N–H and O–H groups in total. The van der Waals surface area contributed by atoms with Crippen LogP contribution in [0.15, 0.2) is 35.4 Å². The molecule has 0 radical (unpaired) electrons. The van der Waals surface area contributed by atoms with Crippen molar-refractivity contribution >= 4 is 28.4 Å². The molecule has 1 heterocycles. The van der Waals surface area contributed by atoms with E-state index in [9.17, 15) is 10.1 Å². The highest BCUT2D eigenvalue weighted by molar-refractivity contribution is 7.99. The summed E-state index contributed by atoms with van der Waals surface area (Å²) < 4.78 is 0. The molecule has 0 aliphatic carbocycles. The Bertz CT molecular complexity index is 603. The summed E-state index contributed by atoms with van der Waals surface area (Å²) in [6, 6.07) is 8.33. The summed E-state index contributed by atoms with van der Waals surface area (Å²) in [5, 5.41) is 21.5. The second-order valence-corrected chi connectivity index (χ2v) is 5.68. The molecule has 1 unspecified atom stereocenters. The van der Waals surface area contributed by atoms with Crippen LogP contribution in [0.4, 0.5) is 5.69 Å². The van der Waals surface area contributed by atoms with Crippen LogP contribution in [0, 0.1) is 10.1 Å². The second-order valence-electron chi connectivity index (χ2n) is 4.22. The number of hydrogen-bond donors (Lipinski definition) is 1. The van der Waals surface area contributed by atoms with Crippen LogP contribution in [0.5, 0.6) is 0 Å². The molecule has 0 saturated carbocycles. The minimum absolute atomic E-state index is 0.0725. The lowest BCUT2D eigenvalue weighted by Gasteiger charge is -2.09. The van der Waals surface area contributed by atoms with Crippen LogP contribution in [0.25, 0.3) is 10.9 Å². The third-order valence-corrected chi connectivity index (χ3v) is 3.82. The minimum Gasteiger partial charge on any atom is -0.396 e. The number of rotatable bonds is 5. The fourth-order valence-corrected chi connectivity index (χ4v) is 2.65. The molecule has 1 aromatic heterocycles. The summed E-state index contributed by atoms with van der Waals surface area (Å²) in [5.41, 5.74) is 0.815. The Morgan fingerprint density at radius 1 is 1.42 bits per heavy atom. The van der Waals surface area contributed by atoms with E-state index in [4.69, 9.17) is 5.11 Å². The van der Waals surface area contributed by atoms with E-state index in [-0.39, 0.29) is 17.5 Å². The van der Waals surface area contributed by atoms with Gasteiger partial charge >= 0.3 is 0 Å². The van der Waals surface area contributed by atoms with Crippen LogP contribution >= 0.6 is 11.8 Å². The van der Waals surface area contributed by atoms with Gasteiger partial charge in [-0.05, 0) is 24.6 Å². The van der Waals surface area contributed by atoms with Gasteiger partial charge in [0.1, 0.15) is 0 Å². The molecule has 6 heteroatoms. The molecular weight excluding hydrogens is 264 g/mol. The second kappa shape index (κ2) is 5.99. The standard InChI is InChI=1S/C13H14N2O3S/c1-9(6-7-16)19-13-5-2-10-8-11(15(17)18)3-4-12(10)14-13/h2-5,8-9,16H,6-7H2,1H3. The Hall–Kier alpha value is -1.66. The topological polar surface area (TPSA) is 76.3 Å². The molecule has 0 bridgehead atoms. The van der Waals surface area contributed by atoms with Crippen LogP contribution in [-0.4, -0.2) is 26.9 Å². The quantitative estimate of drug-likeness (QED) is 0.517. The number of nitro groups is 1. The maximum atomic E-state index is 10.7. The van der Waals surface area contributed by atoms with Crippen molar-refractivity contribution in [1.82, 2.24) is 4.98 Å². The van der Waals surface area contributed by atoms with Gasteiger partial charge in [-0.1, -0.05) is 6.92 Å². The van der Waals surface area contributed by atoms with Gasteiger partial charge in [-0.2, -0.15) is 0 Å². The molecule has 2 aromatic rings. The number of aliphatic hydroxyl groups is 1. The summed E-state index contributed by atoms with van der Waals surface area (Å²) in [6.07, 6.45) is 0.713. The van der Waals surface area contributed by atoms with Gasteiger partial charge in [-0.15, -0.1) is 11.8 Å². The molecule has 5 nitrogen and oxygen atoms in total. The first kappa shape index (κ1) is 13.8. The average Bonchev–Trinajstić information content (AvgIpc) is 2.38. The summed E-state index contributed by atoms with van der Waals surface area (Å²) in [6.45, 7) is 2.19. The van der Waals surface area contributed by atoms with E-state index < -0.39 is 4.92 Å². The maximum Gasteiger partial charge on any atom is 0.270 e. The van der Waals surface area contributed by atoms with Crippen molar-refractivity contribution in [2.75, 3.05) is 6.61 Å². The molecule has 0 aliphatic heterocycles. The van der Waals surface area contributed by atoms with Gasteiger partial charge in [0.25, 0.3) is 5.69 Å². The Labute approximate surface area is 114 Å². The van der Waals surface area contributed by atoms with Crippen LogP contribution in [0.2, 0.25) is 0 Å². The molecule has 0 amide bonds. The third-order valence-electron chi connectivity index (χ3n) is 2.72. The number of nitrogens with zero attached hydrogens (tertiary/aromatic N) is 2. The third kappa shape index (κ3) is 3.42. The van der Waals surface area contributed by atoms with Crippen molar-refractivity contribution in [3.05, 3.63) is 40.4 Å². The predicted octanol–water partition coefficient (Wildman–Crippen LogP) is 3.01. The van der Waals surface area contributed by atoms with Gasteiger partial charge in [0, 0.05) is 29.4 Å². The van der Waals surface area contributed by atoms with Gasteiger partial charge in [0.05, 0.1) is 15.5 Å². The molecule has 100 valence electrons. The normalized spacial score (nSPS) is 12.5. The largest absolute Gasteiger partial charge is 0.396 e. The number of benzene rings is 1. The molecule has 0 saturated heterocycles. The van der Waals surface area contributed by atoms with Gasteiger partial charge in [0.15, 0.2) is 0 Å². The number of non-ortho nitro benzene ring substituents is 1. The zero-order valence-electron chi connectivity index (χ0n) is 10.4. The van der Waals surface area contributed by atoms with Gasteiger partial charge in [0.2, 0.25) is 0 Å². The lowest BCUT2D eigenvalue weighted by molar-refractivity contribution is -0.384. The fraction of sp³-hybridized carbons (Fsp3) is 0.308. The zero-order chi connectivity index (χ0) is 13.8. The predicted molar refractivity (Wildman–Crippen MR) is 75.4 cm³/mol. The van der Waals surface area contributed by atoms with E-state index in [1.807, 2.05) is 19.1 Å². The number of pyridine rings is 1. The molecule has 0 aliphatic rings. The van der Waals surface area contributed by atoms with Crippen molar-refractivity contribution in [2.24, 2.45) is 0 Å². The summed E-state index contributed by atoms with van der Waals surface area (Å²) >= 11 is 1.59. The highest BCUT2D eigenvalue weighted by atomic mass is 32.2. The summed E-state index contributed by atoms with van der Waals surface area (Å²) in [7, 11) is 0. The number of hydrogen-bond acceptors (Lipinski definition) is 5. The molecule has 19 heavy (non-hydrogen) atoms. The van der Waals surface area contributed by atoms with Crippen molar-refractivity contribution in [1.29, 1.82) is 0 Å². The lowest BCUT2D eigenvalue weighted by atomic mass is 10.2. The number of nitro benzene ring substituents is 1. The molecule has 2 rings (SSSR count). The molecule has 0 fully saturated rings. The van der Waals surface area contributed by atoms with Crippen LogP contribution < -0.4 is 0 Å². The van der Waals surface area contributed by atoms with Gasteiger partial charge < -0.3 is 5.11 Å². The van der Waals surface area contributed by atoms with E-state index in [1.165, 1.54) is 12.1 Å². The van der Waals surface area contributed by atoms with Crippen LogP contribution in [0.3, 0.4) is 0 Å². The molecular formula is C13H14N2O3S. The Morgan fingerprint density at radius 2 is 2.21 bits per heavy atom. The number of aromatic nitrogens is 1. The number of aliphatic hydroxyl groups excluding tert-OH is 1. The van der Waals surface area contributed by atoms with E-state index in [1.54, 1.807) is 17.8 Å². The SMILES string of the molecule is CC(CCO)Sc1ccc2cc([N+](=O)[O-])ccc2n1. The number of thioether (sulfide) groups is 1. The Kier molecular flexibility index (Phi) is 4.34. The van der Waals surface area contributed by atoms with E-state index in [0.717, 1.165) is 15.9 Å². The first-order chi connectivity index (χ1) is 9.10. The highest BCUT2D eigenvalue weighted by Crippen LogP contribution is 2.26. The fourth-order valence-electron chi connectivity index (χ4n) is 1.72. The lowest BCUT2D eigenvalue weighted by Crippen LogP contribution is -1.99. The van der Waals surface area contributed by atoms with Crippen molar-refractivity contribution in [3.8, 4) is 0 Å². The van der Waals surface area contributed by atoms with Gasteiger partial charge in [-0.25, -0.2) is 4.98 Å². The first-order valence-corrected chi connectivity index (χ1v) is 6.81. The van der Waals surface area contributed by atoms with E-state index >= 15 is 0 Å². The maximum absolute atomic E-state index is 10.7. The Balaban J connectivity index is 2.26. The first-order valence-electron chi connectivity index (χ1n) is 5.93. The highest BCUT2D eigenvalue weighted by Gasteiger charge is 2.09. The van der Waals surface area contributed by atoms with Gasteiger partial charge in [-0.3, -0.25) is 10.1 Å². The zero-order valence-corrected chi connectivity index (χ0v) is 11.3. The molecule has 1 aromatic carbocycles. The van der Waals surface area contributed by atoms with E-state index in [0.29, 0.717) is 6.42 Å². The molecule has 0 spiro atoms. The minimum atomic E-state index is -0.411. The van der Waals surface area contributed by atoms with Crippen molar-refractivity contribution in [3.63, 3.8) is 0 Å². The number of fused-ring (bicyclic) bond motifs is 1. The Morgan fingerprint density at radius 3 is 2.89 bits per heavy atom. The average molecular weight is 278 g/mol. The van der Waals surface area contributed by atoms with Crippen molar-refractivity contribution in [2.45, 2.75) is 23.6 Å². The summed E-state index contributed by atoms with van der Waals surface area (Å²) in [5.74, 6) is 0.